The quantitative estimate of drug-likeness (QED) is 0.636. The van der Waals surface area contributed by atoms with E-state index in [1.54, 1.807) is 17.2 Å². The van der Waals surface area contributed by atoms with Gasteiger partial charge in [0.15, 0.2) is 5.65 Å². The highest BCUT2D eigenvalue weighted by Gasteiger charge is 2.29. The normalized spacial score (nSPS) is 20.0. The molecule has 0 aliphatic carbocycles. The second-order valence-corrected chi connectivity index (χ2v) is 7.36. The molecule has 0 N–H and O–H groups in total. The van der Waals surface area contributed by atoms with E-state index in [1.165, 1.54) is 18.2 Å². The summed E-state index contributed by atoms with van der Waals surface area (Å²) in [5, 5.41) is 5.81. The molecule has 2 unspecified atom stereocenters. The van der Waals surface area contributed by atoms with E-state index in [4.69, 9.17) is 0 Å². The number of likely N-dealkylation sites (tertiary alicyclic amines) is 1. The minimum atomic E-state index is -0.152. The molecule has 1 aliphatic rings. The van der Waals surface area contributed by atoms with Crippen LogP contribution < -0.4 is 0 Å². The van der Waals surface area contributed by atoms with Crippen LogP contribution in [0, 0.1) is 0 Å². The fraction of sp³-hybridized carbons (Fsp3) is 0.625. The lowest BCUT2D eigenvalue weighted by atomic mass is 10.00. The zero-order valence-corrected chi connectivity index (χ0v) is 14.7. The first-order valence-corrected chi connectivity index (χ1v) is 9.09. The standard InChI is InChI=1S/C16H23N5OS/c1-4-12-7-5-6-8-21(12)16(22)11(2)23-15-13-9-19-20(3)14(13)17-10-18-15/h9-12H,4-8H2,1-3H3. The molecule has 3 rings (SSSR count). The number of amides is 1. The fourth-order valence-corrected chi connectivity index (χ4v) is 4.15. The molecular formula is C16H23N5OS. The van der Waals surface area contributed by atoms with Crippen LogP contribution in [0.5, 0.6) is 0 Å². The summed E-state index contributed by atoms with van der Waals surface area (Å²) >= 11 is 1.51. The van der Waals surface area contributed by atoms with Gasteiger partial charge in [-0.05, 0) is 32.6 Å². The maximum Gasteiger partial charge on any atom is 0.236 e. The van der Waals surface area contributed by atoms with Crippen molar-refractivity contribution in [3.63, 3.8) is 0 Å². The number of hydrogen-bond donors (Lipinski definition) is 0. The average molecular weight is 333 g/mol. The van der Waals surface area contributed by atoms with Crippen LogP contribution >= 0.6 is 11.8 Å². The van der Waals surface area contributed by atoms with Crippen molar-refractivity contribution in [3.05, 3.63) is 12.5 Å². The molecule has 23 heavy (non-hydrogen) atoms. The summed E-state index contributed by atoms with van der Waals surface area (Å²) in [5.74, 6) is 0.220. The molecular weight excluding hydrogens is 310 g/mol. The Morgan fingerprint density at radius 3 is 3.04 bits per heavy atom. The molecule has 3 heterocycles. The van der Waals surface area contributed by atoms with Crippen molar-refractivity contribution < 1.29 is 4.79 Å². The molecule has 6 nitrogen and oxygen atoms in total. The van der Waals surface area contributed by atoms with E-state index in [2.05, 4.69) is 26.9 Å². The lowest BCUT2D eigenvalue weighted by Gasteiger charge is -2.36. The van der Waals surface area contributed by atoms with E-state index < -0.39 is 0 Å². The summed E-state index contributed by atoms with van der Waals surface area (Å²) in [6.07, 6.45) is 7.80. The Morgan fingerprint density at radius 1 is 1.43 bits per heavy atom. The SMILES string of the molecule is CCC1CCCCN1C(=O)C(C)Sc1ncnc2c1cnn2C. The first-order chi connectivity index (χ1) is 11.1. The predicted molar refractivity (Wildman–Crippen MR) is 91.3 cm³/mol. The van der Waals surface area contributed by atoms with Crippen molar-refractivity contribution >= 4 is 28.7 Å². The van der Waals surface area contributed by atoms with E-state index in [-0.39, 0.29) is 11.2 Å². The van der Waals surface area contributed by atoms with Crippen molar-refractivity contribution in [2.75, 3.05) is 6.54 Å². The number of carbonyl (C=O) groups is 1. The molecule has 0 spiro atoms. The highest BCUT2D eigenvalue weighted by atomic mass is 32.2. The van der Waals surface area contributed by atoms with Gasteiger partial charge in [-0.25, -0.2) is 9.97 Å². The predicted octanol–water partition coefficient (Wildman–Crippen LogP) is 2.64. The number of fused-ring (bicyclic) bond motifs is 1. The number of thioether (sulfide) groups is 1. The number of hydrogen-bond acceptors (Lipinski definition) is 5. The zero-order valence-electron chi connectivity index (χ0n) is 13.9. The molecule has 7 heteroatoms. The largest absolute Gasteiger partial charge is 0.339 e. The molecule has 2 aromatic heterocycles. The summed E-state index contributed by atoms with van der Waals surface area (Å²) in [4.78, 5) is 23.5. The minimum Gasteiger partial charge on any atom is -0.339 e. The molecule has 0 aromatic carbocycles. The van der Waals surface area contributed by atoms with Crippen molar-refractivity contribution in [2.45, 2.75) is 55.8 Å². The first-order valence-electron chi connectivity index (χ1n) is 8.21. The van der Waals surface area contributed by atoms with Gasteiger partial charge in [-0.2, -0.15) is 5.10 Å². The number of aromatic nitrogens is 4. The number of carbonyl (C=O) groups excluding carboxylic acids is 1. The molecule has 1 aliphatic heterocycles. The highest BCUT2D eigenvalue weighted by Crippen LogP contribution is 2.30. The van der Waals surface area contributed by atoms with Crippen LogP contribution in [0.4, 0.5) is 0 Å². The van der Waals surface area contributed by atoms with Gasteiger partial charge in [-0.15, -0.1) is 0 Å². The van der Waals surface area contributed by atoms with Crippen LogP contribution in [0.2, 0.25) is 0 Å². The first kappa shape index (κ1) is 16.2. The van der Waals surface area contributed by atoms with Crippen LogP contribution in [-0.4, -0.2) is 48.4 Å². The molecule has 2 aromatic rings. The number of piperidine rings is 1. The maximum absolute atomic E-state index is 12.9. The Labute approximate surface area is 140 Å². The summed E-state index contributed by atoms with van der Waals surface area (Å²) in [6.45, 7) is 5.02. The second kappa shape index (κ2) is 6.86. The summed E-state index contributed by atoms with van der Waals surface area (Å²) in [6, 6.07) is 0.392. The topological polar surface area (TPSA) is 63.9 Å². The van der Waals surface area contributed by atoms with Crippen LogP contribution in [0.3, 0.4) is 0 Å². The van der Waals surface area contributed by atoms with Gasteiger partial charge in [-0.1, -0.05) is 18.7 Å². The summed E-state index contributed by atoms with van der Waals surface area (Å²) in [5.41, 5.74) is 0.798. The lowest BCUT2D eigenvalue weighted by Crippen LogP contribution is -2.46. The molecule has 0 saturated carbocycles. The van der Waals surface area contributed by atoms with Gasteiger partial charge in [0.1, 0.15) is 11.4 Å². The van der Waals surface area contributed by atoms with Gasteiger partial charge < -0.3 is 4.90 Å². The third-order valence-corrected chi connectivity index (χ3v) is 5.61. The number of rotatable bonds is 4. The van der Waals surface area contributed by atoms with Crippen molar-refractivity contribution in [3.8, 4) is 0 Å². The third-order valence-electron chi connectivity index (χ3n) is 4.51. The average Bonchev–Trinajstić information content (AvgIpc) is 2.96. The smallest absolute Gasteiger partial charge is 0.236 e. The summed E-state index contributed by atoms with van der Waals surface area (Å²) in [7, 11) is 1.86. The lowest BCUT2D eigenvalue weighted by molar-refractivity contribution is -0.134. The van der Waals surface area contributed by atoms with Crippen molar-refractivity contribution in [2.24, 2.45) is 7.05 Å². The fourth-order valence-electron chi connectivity index (χ4n) is 3.20. The molecule has 1 fully saturated rings. The van der Waals surface area contributed by atoms with Gasteiger partial charge in [-0.3, -0.25) is 9.48 Å². The van der Waals surface area contributed by atoms with Crippen LogP contribution in [0.15, 0.2) is 17.6 Å². The molecule has 1 amide bonds. The van der Waals surface area contributed by atoms with Gasteiger partial charge in [0, 0.05) is 19.6 Å². The van der Waals surface area contributed by atoms with Gasteiger partial charge in [0.2, 0.25) is 5.91 Å². The van der Waals surface area contributed by atoms with E-state index in [9.17, 15) is 4.79 Å². The highest BCUT2D eigenvalue weighted by molar-refractivity contribution is 8.00. The summed E-state index contributed by atoms with van der Waals surface area (Å²) < 4.78 is 1.73. The molecule has 124 valence electrons. The Hall–Kier alpha value is -1.63. The van der Waals surface area contributed by atoms with Gasteiger partial charge in [0.25, 0.3) is 0 Å². The number of aryl methyl sites for hydroxylation is 1. The van der Waals surface area contributed by atoms with Crippen molar-refractivity contribution in [1.29, 1.82) is 0 Å². The molecule has 1 saturated heterocycles. The third kappa shape index (κ3) is 3.20. The van der Waals surface area contributed by atoms with Crippen molar-refractivity contribution in [1.82, 2.24) is 24.6 Å². The number of nitrogens with zero attached hydrogens (tertiary/aromatic N) is 5. The minimum absolute atomic E-state index is 0.152. The Kier molecular flexibility index (Phi) is 4.84. The Bertz CT molecular complexity index is 701. The van der Waals surface area contributed by atoms with E-state index >= 15 is 0 Å². The molecule has 2 atom stereocenters. The second-order valence-electron chi connectivity index (χ2n) is 6.03. The Morgan fingerprint density at radius 2 is 2.26 bits per heavy atom. The van der Waals surface area contributed by atoms with Crippen LogP contribution in [0.25, 0.3) is 11.0 Å². The van der Waals surface area contributed by atoms with Crippen LogP contribution in [0.1, 0.15) is 39.5 Å². The van der Waals surface area contributed by atoms with E-state index in [0.29, 0.717) is 6.04 Å². The Balaban J connectivity index is 1.77. The van der Waals surface area contributed by atoms with Gasteiger partial charge >= 0.3 is 0 Å². The van der Waals surface area contributed by atoms with Gasteiger partial charge in [0.05, 0.1) is 16.8 Å². The monoisotopic (exact) mass is 333 g/mol. The molecule has 0 bridgehead atoms. The van der Waals surface area contributed by atoms with E-state index in [1.807, 2.05) is 14.0 Å². The maximum atomic E-state index is 12.9. The zero-order chi connectivity index (χ0) is 16.4. The van der Waals surface area contributed by atoms with E-state index in [0.717, 1.165) is 41.9 Å². The molecule has 0 radical (unpaired) electrons. The van der Waals surface area contributed by atoms with Crippen LogP contribution in [-0.2, 0) is 11.8 Å².